The van der Waals surface area contributed by atoms with E-state index in [1.807, 2.05) is 30.3 Å². The summed E-state index contributed by atoms with van der Waals surface area (Å²) in [6, 6.07) is 17.1. The van der Waals surface area contributed by atoms with Crippen molar-refractivity contribution in [3.05, 3.63) is 60.2 Å². The number of nitrogens with one attached hydrogen (secondary N) is 1. The van der Waals surface area contributed by atoms with Crippen LogP contribution in [-0.2, 0) is 11.3 Å². The van der Waals surface area contributed by atoms with E-state index in [0.29, 0.717) is 11.4 Å². The minimum atomic E-state index is -0.590. The van der Waals surface area contributed by atoms with Crippen molar-refractivity contribution in [3.8, 4) is 11.8 Å². The molecule has 0 atom stereocenters. The van der Waals surface area contributed by atoms with Crippen LogP contribution in [0.3, 0.4) is 0 Å². The molecule has 2 aromatic rings. The van der Waals surface area contributed by atoms with Crippen LogP contribution < -0.4 is 10.1 Å². The van der Waals surface area contributed by atoms with Crippen molar-refractivity contribution in [2.45, 2.75) is 13.0 Å². The van der Waals surface area contributed by atoms with Gasteiger partial charge in [-0.25, -0.2) is 4.79 Å². The summed E-state index contributed by atoms with van der Waals surface area (Å²) in [6.45, 7) is 0.0944. The predicted octanol–water partition coefficient (Wildman–Crippen LogP) is 3.17. The average molecular weight is 323 g/mol. The Morgan fingerprint density at radius 2 is 1.92 bits per heavy atom. The number of hydrogen-bond acceptors (Lipinski definition) is 4. The highest BCUT2D eigenvalue weighted by atomic mass is 16.5. The number of hydrogen-bond donors (Lipinski definition) is 1. The Kier molecular flexibility index (Phi) is 5.92. The first-order valence-corrected chi connectivity index (χ1v) is 7.30. The number of carbonyl (C=O) groups is 2. The molecule has 0 unspecified atom stereocenters. The van der Waals surface area contributed by atoms with E-state index < -0.39 is 11.9 Å². The summed E-state index contributed by atoms with van der Waals surface area (Å²) >= 11 is 0. The molecule has 0 saturated heterocycles. The molecule has 0 aliphatic carbocycles. The lowest BCUT2D eigenvalue weighted by Crippen LogP contribution is -2.39. The molecule has 122 valence electrons. The standard InChI is InChI=1S/C18H17N3O3/c1-24-16-9-5-8-15(12-16)20-18(23)21(17(22)10-11-19)13-14-6-3-2-4-7-14/h2-9,12H,10,13H2,1H3,(H,20,23). The van der Waals surface area contributed by atoms with Crippen LogP contribution in [0.1, 0.15) is 12.0 Å². The molecule has 1 N–H and O–H groups in total. The molecule has 2 rings (SSSR count). The third kappa shape index (κ3) is 4.58. The van der Waals surface area contributed by atoms with Crippen molar-refractivity contribution >= 4 is 17.6 Å². The fourth-order valence-electron chi connectivity index (χ4n) is 2.09. The molecule has 0 saturated carbocycles. The van der Waals surface area contributed by atoms with Crippen molar-refractivity contribution in [1.82, 2.24) is 4.90 Å². The van der Waals surface area contributed by atoms with Crippen LogP contribution in [-0.4, -0.2) is 23.9 Å². The second-order valence-corrected chi connectivity index (χ2v) is 4.96. The van der Waals surface area contributed by atoms with Gasteiger partial charge in [0, 0.05) is 11.8 Å². The molecule has 0 radical (unpaired) electrons. The van der Waals surface area contributed by atoms with E-state index in [4.69, 9.17) is 10.00 Å². The third-order valence-corrected chi connectivity index (χ3v) is 3.28. The molecule has 0 heterocycles. The van der Waals surface area contributed by atoms with Crippen LogP contribution in [0.4, 0.5) is 10.5 Å². The Morgan fingerprint density at radius 1 is 1.17 bits per heavy atom. The number of carbonyl (C=O) groups excluding carboxylic acids is 2. The number of imide groups is 1. The summed E-state index contributed by atoms with van der Waals surface area (Å²) in [5.74, 6) is 0.0347. The Balaban J connectivity index is 2.17. The molecule has 6 heteroatoms. The van der Waals surface area contributed by atoms with Gasteiger partial charge in [0.2, 0.25) is 5.91 Å². The van der Waals surface area contributed by atoms with Gasteiger partial charge < -0.3 is 10.1 Å². The number of nitrogens with zero attached hydrogens (tertiary/aromatic N) is 2. The van der Waals surface area contributed by atoms with E-state index in [-0.39, 0.29) is 13.0 Å². The first-order valence-electron chi connectivity index (χ1n) is 7.30. The van der Waals surface area contributed by atoms with Gasteiger partial charge in [-0.15, -0.1) is 0 Å². The lowest BCUT2D eigenvalue weighted by Gasteiger charge is -2.20. The lowest BCUT2D eigenvalue weighted by molar-refractivity contribution is -0.127. The normalized spacial score (nSPS) is 9.67. The molecule has 0 spiro atoms. The maximum absolute atomic E-state index is 12.5. The number of rotatable bonds is 5. The van der Waals surface area contributed by atoms with Gasteiger partial charge in [0.1, 0.15) is 12.2 Å². The Labute approximate surface area is 140 Å². The van der Waals surface area contributed by atoms with Gasteiger partial charge in [0.05, 0.1) is 19.7 Å². The van der Waals surface area contributed by atoms with Gasteiger partial charge >= 0.3 is 6.03 Å². The molecule has 0 aromatic heterocycles. The Bertz CT molecular complexity index is 754. The minimum Gasteiger partial charge on any atom is -0.497 e. The molecule has 2 aromatic carbocycles. The van der Waals surface area contributed by atoms with Crippen molar-refractivity contribution in [2.24, 2.45) is 0 Å². The highest BCUT2D eigenvalue weighted by Gasteiger charge is 2.21. The number of urea groups is 1. The molecule has 3 amide bonds. The smallest absolute Gasteiger partial charge is 0.328 e. The van der Waals surface area contributed by atoms with Gasteiger partial charge in [-0.3, -0.25) is 9.69 Å². The first kappa shape index (κ1) is 17.0. The van der Waals surface area contributed by atoms with E-state index in [9.17, 15) is 9.59 Å². The first-order chi connectivity index (χ1) is 11.6. The van der Waals surface area contributed by atoms with E-state index in [1.54, 1.807) is 30.3 Å². The monoisotopic (exact) mass is 323 g/mol. The van der Waals surface area contributed by atoms with Gasteiger partial charge in [-0.1, -0.05) is 36.4 Å². The SMILES string of the molecule is COc1cccc(NC(=O)N(Cc2ccccc2)C(=O)CC#N)c1. The summed E-state index contributed by atoms with van der Waals surface area (Å²) < 4.78 is 5.10. The Hall–Kier alpha value is -3.33. The highest BCUT2D eigenvalue weighted by molar-refractivity contribution is 6.01. The van der Waals surface area contributed by atoms with E-state index in [0.717, 1.165) is 10.5 Å². The number of ether oxygens (including phenoxy) is 1. The van der Waals surface area contributed by atoms with Crippen LogP contribution in [0.15, 0.2) is 54.6 Å². The molecular formula is C18H17N3O3. The molecular weight excluding hydrogens is 306 g/mol. The third-order valence-electron chi connectivity index (χ3n) is 3.28. The van der Waals surface area contributed by atoms with Gasteiger partial charge in [0.25, 0.3) is 0 Å². The maximum Gasteiger partial charge on any atom is 0.328 e. The molecule has 0 bridgehead atoms. The zero-order chi connectivity index (χ0) is 17.4. The van der Waals surface area contributed by atoms with Crippen LogP contribution in [0.2, 0.25) is 0 Å². The molecule has 0 fully saturated rings. The van der Waals surface area contributed by atoms with Crippen molar-refractivity contribution in [1.29, 1.82) is 5.26 Å². The van der Waals surface area contributed by atoms with Crippen LogP contribution in [0, 0.1) is 11.3 Å². The van der Waals surface area contributed by atoms with E-state index in [1.165, 1.54) is 7.11 Å². The van der Waals surface area contributed by atoms with E-state index >= 15 is 0 Å². The molecule has 0 aliphatic heterocycles. The van der Waals surface area contributed by atoms with Crippen molar-refractivity contribution in [3.63, 3.8) is 0 Å². The summed E-state index contributed by atoms with van der Waals surface area (Å²) in [5, 5.41) is 11.4. The summed E-state index contributed by atoms with van der Waals surface area (Å²) in [4.78, 5) is 25.6. The van der Waals surface area contributed by atoms with Gasteiger partial charge in [-0.2, -0.15) is 5.26 Å². The highest BCUT2D eigenvalue weighted by Crippen LogP contribution is 2.18. The number of nitriles is 1. The van der Waals surface area contributed by atoms with Crippen LogP contribution in [0.5, 0.6) is 5.75 Å². The number of methoxy groups -OCH3 is 1. The molecule has 6 nitrogen and oxygen atoms in total. The zero-order valence-corrected chi connectivity index (χ0v) is 13.2. The second-order valence-electron chi connectivity index (χ2n) is 4.96. The number of amides is 3. The Morgan fingerprint density at radius 3 is 2.58 bits per heavy atom. The average Bonchev–Trinajstić information content (AvgIpc) is 2.60. The minimum absolute atomic E-state index is 0.0944. The van der Waals surface area contributed by atoms with Crippen LogP contribution in [0.25, 0.3) is 0 Å². The van der Waals surface area contributed by atoms with Crippen LogP contribution >= 0.6 is 0 Å². The van der Waals surface area contributed by atoms with E-state index in [2.05, 4.69) is 5.32 Å². The fraction of sp³-hybridized carbons (Fsp3) is 0.167. The summed E-state index contributed by atoms with van der Waals surface area (Å²) in [5.41, 5.74) is 1.30. The zero-order valence-electron chi connectivity index (χ0n) is 13.2. The second kappa shape index (κ2) is 8.34. The topological polar surface area (TPSA) is 82.4 Å². The van der Waals surface area contributed by atoms with Gasteiger partial charge in [-0.05, 0) is 17.7 Å². The van der Waals surface area contributed by atoms with Crippen molar-refractivity contribution < 1.29 is 14.3 Å². The predicted molar refractivity (Wildman–Crippen MR) is 89.2 cm³/mol. The lowest BCUT2D eigenvalue weighted by atomic mass is 10.2. The summed E-state index contributed by atoms with van der Waals surface area (Å²) in [7, 11) is 1.53. The number of anilines is 1. The fourth-order valence-corrected chi connectivity index (χ4v) is 2.09. The largest absolute Gasteiger partial charge is 0.497 e. The molecule has 24 heavy (non-hydrogen) atoms. The maximum atomic E-state index is 12.5. The quantitative estimate of drug-likeness (QED) is 0.916. The summed E-state index contributed by atoms with van der Waals surface area (Å²) in [6.07, 6.45) is -0.363. The van der Waals surface area contributed by atoms with Gasteiger partial charge in [0.15, 0.2) is 0 Å². The molecule has 0 aliphatic rings. The van der Waals surface area contributed by atoms with Crippen molar-refractivity contribution in [2.75, 3.05) is 12.4 Å². The number of benzene rings is 2.